The fourth-order valence-electron chi connectivity index (χ4n) is 3.27. The van der Waals surface area contributed by atoms with Crippen LogP contribution in [0.1, 0.15) is 21.7 Å². The van der Waals surface area contributed by atoms with Gasteiger partial charge in [0, 0.05) is 42.3 Å². The standard InChI is InChI=1S/C20H21N3O3/c1-14-16-6-2-3-7-17(16)26-18(14)20(24)22-13-15-5-4-8-21-19(15)23-9-11-25-12-10-23/h2-8H,9-13H2,1H3,(H,22,24). The number of furan rings is 1. The van der Waals surface area contributed by atoms with Gasteiger partial charge in [-0.05, 0) is 19.1 Å². The fraction of sp³-hybridized carbons (Fsp3) is 0.300. The van der Waals surface area contributed by atoms with E-state index < -0.39 is 0 Å². The molecule has 1 amide bonds. The lowest BCUT2D eigenvalue weighted by Crippen LogP contribution is -2.37. The highest BCUT2D eigenvalue weighted by atomic mass is 16.5. The first-order valence-corrected chi connectivity index (χ1v) is 8.77. The molecule has 3 aromatic rings. The van der Waals surface area contributed by atoms with Crippen LogP contribution in [0.4, 0.5) is 5.82 Å². The molecule has 26 heavy (non-hydrogen) atoms. The lowest BCUT2D eigenvalue weighted by Gasteiger charge is -2.29. The van der Waals surface area contributed by atoms with Gasteiger partial charge in [-0.3, -0.25) is 4.79 Å². The Morgan fingerprint density at radius 3 is 2.81 bits per heavy atom. The van der Waals surface area contributed by atoms with E-state index in [4.69, 9.17) is 9.15 Å². The summed E-state index contributed by atoms with van der Waals surface area (Å²) < 4.78 is 11.1. The number of rotatable bonds is 4. The van der Waals surface area contributed by atoms with Gasteiger partial charge in [-0.1, -0.05) is 24.3 Å². The monoisotopic (exact) mass is 351 g/mol. The van der Waals surface area contributed by atoms with Crippen molar-refractivity contribution in [2.75, 3.05) is 31.2 Å². The number of aryl methyl sites for hydroxylation is 1. The van der Waals surface area contributed by atoms with Gasteiger partial charge in [0.05, 0.1) is 13.2 Å². The summed E-state index contributed by atoms with van der Waals surface area (Å²) in [6.45, 7) is 5.31. The average Bonchev–Trinajstić information content (AvgIpc) is 3.04. The third-order valence-corrected chi connectivity index (χ3v) is 4.67. The molecule has 4 rings (SSSR count). The van der Waals surface area contributed by atoms with Crippen LogP contribution in [0.5, 0.6) is 0 Å². The van der Waals surface area contributed by atoms with Crippen LogP contribution in [-0.4, -0.2) is 37.2 Å². The predicted octanol–water partition coefficient (Wildman–Crippen LogP) is 2.90. The highest BCUT2D eigenvalue weighted by molar-refractivity contribution is 5.98. The summed E-state index contributed by atoms with van der Waals surface area (Å²) in [6, 6.07) is 11.6. The summed E-state index contributed by atoms with van der Waals surface area (Å²) in [4.78, 5) is 19.3. The van der Waals surface area contributed by atoms with E-state index in [1.54, 1.807) is 6.20 Å². The molecule has 1 N–H and O–H groups in total. The van der Waals surface area contributed by atoms with Crippen LogP contribution in [0.2, 0.25) is 0 Å². The second-order valence-corrected chi connectivity index (χ2v) is 6.32. The Morgan fingerprint density at radius 2 is 2.00 bits per heavy atom. The number of pyridine rings is 1. The summed E-state index contributed by atoms with van der Waals surface area (Å²) >= 11 is 0. The number of carbonyl (C=O) groups is 1. The Kier molecular flexibility index (Phi) is 4.58. The molecule has 0 unspecified atom stereocenters. The molecule has 1 aliphatic heterocycles. The Bertz CT molecular complexity index is 929. The van der Waals surface area contributed by atoms with Crippen LogP contribution >= 0.6 is 0 Å². The van der Waals surface area contributed by atoms with Crippen molar-refractivity contribution in [3.05, 3.63) is 59.5 Å². The van der Waals surface area contributed by atoms with Gasteiger partial charge in [0.2, 0.25) is 0 Å². The summed E-state index contributed by atoms with van der Waals surface area (Å²) in [5.74, 6) is 1.05. The molecule has 1 fully saturated rings. The predicted molar refractivity (Wildman–Crippen MR) is 99.4 cm³/mol. The topological polar surface area (TPSA) is 67.6 Å². The molecule has 0 saturated carbocycles. The Hall–Kier alpha value is -2.86. The van der Waals surface area contributed by atoms with Gasteiger partial charge in [-0.25, -0.2) is 4.98 Å². The number of morpholine rings is 1. The number of benzene rings is 1. The zero-order valence-electron chi connectivity index (χ0n) is 14.7. The molecule has 0 atom stereocenters. The fourth-order valence-corrected chi connectivity index (χ4v) is 3.27. The van der Waals surface area contributed by atoms with Crippen LogP contribution in [0.3, 0.4) is 0 Å². The van der Waals surface area contributed by atoms with Gasteiger partial charge >= 0.3 is 0 Å². The normalized spacial score (nSPS) is 14.6. The van der Waals surface area contributed by atoms with E-state index in [-0.39, 0.29) is 5.91 Å². The lowest BCUT2D eigenvalue weighted by molar-refractivity contribution is 0.0924. The quantitative estimate of drug-likeness (QED) is 0.783. The number of para-hydroxylation sites is 1. The minimum Gasteiger partial charge on any atom is -0.451 e. The summed E-state index contributed by atoms with van der Waals surface area (Å²) in [7, 11) is 0. The van der Waals surface area contributed by atoms with Crippen molar-refractivity contribution in [1.29, 1.82) is 0 Å². The van der Waals surface area contributed by atoms with Crippen LogP contribution in [0.15, 0.2) is 47.0 Å². The molecule has 6 nitrogen and oxygen atoms in total. The lowest BCUT2D eigenvalue weighted by atomic mass is 10.1. The number of ether oxygens (including phenoxy) is 1. The van der Waals surface area contributed by atoms with Gasteiger partial charge in [-0.15, -0.1) is 0 Å². The third-order valence-electron chi connectivity index (χ3n) is 4.67. The molecule has 3 heterocycles. The van der Waals surface area contributed by atoms with Crippen molar-refractivity contribution in [3.8, 4) is 0 Å². The number of fused-ring (bicyclic) bond motifs is 1. The van der Waals surface area contributed by atoms with Crippen molar-refractivity contribution in [2.24, 2.45) is 0 Å². The molecule has 1 saturated heterocycles. The molecule has 134 valence electrons. The van der Waals surface area contributed by atoms with E-state index in [9.17, 15) is 4.79 Å². The number of aromatic nitrogens is 1. The van der Waals surface area contributed by atoms with Gasteiger partial charge in [0.25, 0.3) is 5.91 Å². The van der Waals surface area contributed by atoms with Crippen molar-refractivity contribution >= 4 is 22.7 Å². The van der Waals surface area contributed by atoms with E-state index >= 15 is 0 Å². The molecule has 2 aromatic heterocycles. The minimum atomic E-state index is -0.213. The minimum absolute atomic E-state index is 0.213. The van der Waals surface area contributed by atoms with Gasteiger partial charge in [0.15, 0.2) is 5.76 Å². The number of amides is 1. The number of nitrogens with zero attached hydrogens (tertiary/aromatic N) is 2. The highest BCUT2D eigenvalue weighted by Crippen LogP contribution is 2.25. The molecule has 6 heteroatoms. The summed E-state index contributed by atoms with van der Waals surface area (Å²) in [5.41, 5.74) is 2.57. The molecular weight excluding hydrogens is 330 g/mol. The van der Waals surface area contributed by atoms with Gasteiger partial charge in [-0.2, -0.15) is 0 Å². The Labute approximate surface area is 151 Å². The van der Waals surface area contributed by atoms with E-state index in [1.807, 2.05) is 43.3 Å². The second kappa shape index (κ2) is 7.17. The van der Waals surface area contributed by atoms with Crippen molar-refractivity contribution < 1.29 is 13.9 Å². The van der Waals surface area contributed by atoms with Crippen molar-refractivity contribution in [3.63, 3.8) is 0 Å². The SMILES string of the molecule is Cc1c(C(=O)NCc2cccnc2N2CCOCC2)oc2ccccc12. The number of hydrogen-bond acceptors (Lipinski definition) is 5. The molecule has 0 spiro atoms. The number of nitrogens with one attached hydrogen (secondary N) is 1. The molecule has 1 aromatic carbocycles. The molecule has 1 aliphatic rings. The first-order chi connectivity index (χ1) is 12.7. The van der Waals surface area contributed by atoms with Crippen LogP contribution in [0.25, 0.3) is 11.0 Å². The maximum absolute atomic E-state index is 12.6. The summed E-state index contributed by atoms with van der Waals surface area (Å²) in [6.07, 6.45) is 1.78. The first kappa shape index (κ1) is 16.6. The van der Waals surface area contributed by atoms with Crippen LogP contribution < -0.4 is 10.2 Å². The number of anilines is 1. The second-order valence-electron chi connectivity index (χ2n) is 6.32. The van der Waals surface area contributed by atoms with Crippen molar-refractivity contribution in [1.82, 2.24) is 10.3 Å². The van der Waals surface area contributed by atoms with E-state index in [2.05, 4.69) is 15.2 Å². The van der Waals surface area contributed by atoms with E-state index in [1.165, 1.54) is 0 Å². The molecular formula is C20H21N3O3. The maximum Gasteiger partial charge on any atom is 0.287 e. The van der Waals surface area contributed by atoms with E-state index in [0.717, 1.165) is 41.0 Å². The smallest absolute Gasteiger partial charge is 0.287 e. The van der Waals surface area contributed by atoms with Gasteiger partial charge < -0.3 is 19.4 Å². The highest BCUT2D eigenvalue weighted by Gasteiger charge is 2.19. The zero-order valence-corrected chi connectivity index (χ0v) is 14.7. The largest absolute Gasteiger partial charge is 0.451 e. The number of carbonyl (C=O) groups excluding carboxylic acids is 1. The van der Waals surface area contributed by atoms with Crippen LogP contribution in [0, 0.1) is 6.92 Å². The first-order valence-electron chi connectivity index (χ1n) is 8.77. The summed E-state index contributed by atoms with van der Waals surface area (Å²) in [5, 5.41) is 3.93. The zero-order chi connectivity index (χ0) is 17.9. The molecule has 0 aliphatic carbocycles. The molecule has 0 bridgehead atoms. The Balaban J connectivity index is 1.52. The van der Waals surface area contributed by atoms with E-state index in [0.29, 0.717) is 25.5 Å². The maximum atomic E-state index is 12.6. The molecule has 0 radical (unpaired) electrons. The average molecular weight is 351 g/mol. The van der Waals surface area contributed by atoms with Crippen LogP contribution in [-0.2, 0) is 11.3 Å². The third kappa shape index (κ3) is 3.15. The Morgan fingerprint density at radius 1 is 1.19 bits per heavy atom. The number of hydrogen-bond donors (Lipinski definition) is 1. The van der Waals surface area contributed by atoms with Crippen molar-refractivity contribution in [2.45, 2.75) is 13.5 Å². The van der Waals surface area contributed by atoms with Gasteiger partial charge in [0.1, 0.15) is 11.4 Å².